The molecule has 39 heavy (non-hydrogen) atoms. The number of aryl methyl sites for hydroxylation is 1. The van der Waals surface area contributed by atoms with Gasteiger partial charge in [-0.25, -0.2) is 24.0 Å². The van der Waals surface area contributed by atoms with E-state index in [0.29, 0.717) is 40.1 Å². The first kappa shape index (κ1) is 24.5. The first-order valence-electron chi connectivity index (χ1n) is 12.5. The van der Waals surface area contributed by atoms with E-state index in [0.717, 1.165) is 5.56 Å². The zero-order valence-corrected chi connectivity index (χ0v) is 21.3. The summed E-state index contributed by atoms with van der Waals surface area (Å²) in [4.78, 5) is 44.2. The summed E-state index contributed by atoms with van der Waals surface area (Å²) in [6.07, 6.45) is 5.69. The Bertz CT molecular complexity index is 1750. The Morgan fingerprint density at radius 2 is 1.82 bits per heavy atom. The summed E-state index contributed by atoms with van der Waals surface area (Å²) in [5, 5.41) is 8.17. The second-order valence-corrected chi connectivity index (χ2v) is 9.95. The Labute approximate surface area is 223 Å². The number of hydrogen-bond acceptors (Lipinski definition) is 7. The quantitative estimate of drug-likeness (QED) is 0.313. The lowest BCUT2D eigenvalue weighted by Crippen LogP contribution is -2.28. The molecule has 0 radical (unpaired) electrons. The maximum Gasteiger partial charge on any atom is 0.235 e. The molecular weight excluding hydrogens is 497 g/mol. The van der Waals surface area contributed by atoms with Crippen LogP contribution in [0.15, 0.2) is 67.1 Å². The van der Waals surface area contributed by atoms with Gasteiger partial charge in [0.25, 0.3) is 0 Å². The van der Waals surface area contributed by atoms with Crippen molar-refractivity contribution < 1.29 is 14.0 Å². The largest absolute Gasteiger partial charge is 0.310 e. The van der Waals surface area contributed by atoms with Crippen molar-refractivity contribution in [2.24, 2.45) is 0 Å². The van der Waals surface area contributed by atoms with Gasteiger partial charge in [-0.3, -0.25) is 14.6 Å². The minimum absolute atomic E-state index is 0.145. The molecule has 4 aromatic heterocycles. The summed E-state index contributed by atoms with van der Waals surface area (Å²) >= 11 is 0. The number of amides is 1. The highest BCUT2D eigenvalue weighted by Gasteiger charge is 2.44. The topological polar surface area (TPSA) is 116 Å². The molecule has 6 rings (SSSR count). The molecule has 10 heteroatoms. The van der Waals surface area contributed by atoms with Gasteiger partial charge in [0.1, 0.15) is 23.0 Å². The number of nitrogens with zero attached hydrogens (tertiary/aromatic N) is 6. The Balaban J connectivity index is 1.46. The lowest BCUT2D eigenvalue weighted by atomic mass is 9.84. The van der Waals surface area contributed by atoms with E-state index in [1.807, 2.05) is 18.2 Å². The maximum atomic E-state index is 14.4. The molecule has 1 N–H and O–H groups in total. The van der Waals surface area contributed by atoms with E-state index < -0.39 is 5.41 Å². The fraction of sp³-hybridized carbons (Fsp3) is 0.207. The Morgan fingerprint density at radius 3 is 2.62 bits per heavy atom. The van der Waals surface area contributed by atoms with E-state index in [1.54, 1.807) is 61.4 Å². The normalized spacial score (nSPS) is 13.9. The van der Waals surface area contributed by atoms with Gasteiger partial charge < -0.3 is 5.32 Å². The number of Topliss-reactive ketones (excluding diaryl/α,β-unsaturated/α-hetero) is 1. The van der Waals surface area contributed by atoms with Gasteiger partial charge in [-0.1, -0.05) is 18.2 Å². The van der Waals surface area contributed by atoms with E-state index in [9.17, 15) is 14.0 Å². The summed E-state index contributed by atoms with van der Waals surface area (Å²) in [5.41, 5.74) is 2.02. The van der Waals surface area contributed by atoms with Crippen molar-refractivity contribution in [2.45, 2.75) is 38.6 Å². The number of aromatic nitrogens is 6. The van der Waals surface area contributed by atoms with Crippen molar-refractivity contribution in [2.75, 3.05) is 5.32 Å². The molecule has 0 atom stereocenters. The lowest BCUT2D eigenvalue weighted by molar-refractivity contribution is -0.119. The molecule has 1 aliphatic rings. The summed E-state index contributed by atoms with van der Waals surface area (Å²) in [7, 11) is 0. The van der Waals surface area contributed by atoms with Gasteiger partial charge in [0.2, 0.25) is 5.91 Å². The van der Waals surface area contributed by atoms with Gasteiger partial charge in [-0.2, -0.15) is 5.10 Å². The van der Waals surface area contributed by atoms with Crippen LogP contribution in [0.25, 0.3) is 22.6 Å². The molecule has 0 aliphatic carbocycles. The zero-order chi connectivity index (χ0) is 27.1. The van der Waals surface area contributed by atoms with Gasteiger partial charge in [0.15, 0.2) is 17.3 Å². The first-order valence-corrected chi connectivity index (χ1v) is 12.5. The average molecular weight is 522 g/mol. The number of hydrogen-bond donors (Lipinski definition) is 1. The third-order valence-corrected chi connectivity index (χ3v) is 6.98. The smallest absolute Gasteiger partial charge is 0.235 e. The molecule has 0 saturated heterocycles. The van der Waals surface area contributed by atoms with Crippen LogP contribution in [0.1, 0.15) is 47.4 Å². The van der Waals surface area contributed by atoms with Crippen molar-refractivity contribution >= 4 is 28.5 Å². The Hall–Kier alpha value is -4.86. The third kappa shape index (κ3) is 4.33. The second-order valence-electron chi connectivity index (χ2n) is 9.95. The Morgan fingerprint density at radius 1 is 1.03 bits per heavy atom. The van der Waals surface area contributed by atoms with Crippen molar-refractivity contribution in [3.05, 3.63) is 95.3 Å². The molecule has 5 aromatic rings. The second kappa shape index (κ2) is 9.46. The van der Waals surface area contributed by atoms with Crippen LogP contribution in [0.3, 0.4) is 0 Å². The fourth-order valence-electron chi connectivity index (χ4n) is 4.83. The molecule has 5 heterocycles. The number of ketones is 1. The summed E-state index contributed by atoms with van der Waals surface area (Å²) in [6, 6.07) is 13.8. The first-order chi connectivity index (χ1) is 18.8. The average Bonchev–Trinajstić information content (AvgIpc) is 3.42. The predicted molar refractivity (Wildman–Crippen MR) is 143 cm³/mol. The molecule has 1 amide bonds. The number of anilines is 1. The zero-order valence-electron chi connectivity index (χ0n) is 21.3. The van der Waals surface area contributed by atoms with Gasteiger partial charge in [-0.05, 0) is 56.2 Å². The standard InChI is InChI=1S/C29H24FN7O2/c1-29(2)22-24(21(38)10-9-17-11-14-31-15-12-17)33-26(34-25(22)35-28(29)39)23-19-7-5-13-32-27(19)37(36-23)16-18-6-3-4-8-20(18)30/h3-8,11-15H,9-10,16H2,1-2H3,(H,33,34,35,39). The summed E-state index contributed by atoms with van der Waals surface area (Å²) < 4.78 is 16.0. The van der Waals surface area contributed by atoms with Gasteiger partial charge in [-0.15, -0.1) is 0 Å². The molecule has 0 spiro atoms. The van der Waals surface area contributed by atoms with Crippen LogP contribution in [0, 0.1) is 5.82 Å². The van der Waals surface area contributed by atoms with Crippen molar-refractivity contribution in [1.82, 2.24) is 29.7 Å². The number of halogens is 1. The van der Waals surface area contributed by atoms with Crippen LogP contribution in [-0.2, 0) is 23.2 Å². The van der Waals surface area contributed by atoms with Crippen LogP contribution in [-0.4, -0.2) is 41.4 Å². The highest BCUT2D eigenvalue weighted by Crippen LogP contribution is 2.40. The molecular formula is C29H24FN7O2. The number of fused-ring (bicyclic) bond motifs is 2. The van der Waals surface area contributed by atoms with Gasteiger partial charge in [0.05, 0.1) is 17.3 Å². The van der Waals surface area contributed by atoms with E-state index in [2.05, 4.69) is 20.3 Å². The van der Waals surface area contributed by atoms with Crippen molar-refractivity contribution in [3.63, 3.8) is 0 Å². The minimum atomic E-state index is -0.983. The van der Waals surface area contributed by atoms with Crippen molar-refractivity contribution in [3.8, 4) is 11.5 Å². The predicted octanol–water partition coefficient (Wildman–Crippen LogP) is 4.52. The highest BCUT2D eigenvalue weighted by molar-refractivity contribution is 6.09. The van der Waals surface area contributed by atoms with Crippen LogP contribution < -0.4 is 5.32 Å². The number of pyridine rings is 2. The lowest BCUT2D eigenvalue weighted by Gasteiger charge is -2.17. The minimum Gasteiger partial charge on any atom is -0.310 e. The fourth-order valence-corrected chi connectivity index (χ4v) is 4.83. The number of nitrogens with one attached hydrogen (secondary N) is 1. The van der Waals surface area contributed by atoms with E-state index in [4.69, 9.17) is 10.1 Å². The molecule has 0 bridgehead atoms. The Kier molecular flexibility index (Phi) is 5.94. The maximum absolute atomic E-state index is 14.4. The molecule has 0 fully saturated rings. The van der Waals surface area contributed by atoms with Gasteiger partial charge in [0, 0.05) is 36.1 Å². The van der Waals surface area contributed by atoms with Crippen molar-refractivity contribution in [1.29, 1.82) is 0 Å². The molecule has 1 aliphatic heterocycles. The molecule has 0 saturated carbocycles. The third-order valence-electron chi connectivity index (χ3n) is 6.98. The van der Waals surface area contributed by atoms with Crippen LogP contribution in [0.4, 0.5) is 10.2 Å². The van der Waals surface area contributed by atoms with Crippen LogP contribution in [0.2, 0.25) is 0 Å². The molecule has 1 aromatic carbocycles. The molecule has 0 unspecified atom stereocenters. The number of benzene rings is 1. The van der Waals surface area contributed by atoms with E-state index in [1.165, 1.54) is 6.07 Å². The SMILES string of the molecule is CC1(C)C(=O)Nc2nc(-c3nn(Cc4ccccc4F)c4ncccc34)nc(C(=O)CCc3ccncc3)c21. The molecule has 194 valence electrons. The summed E-state index contributed by atoms with van der Waals surface area (Å²) in [5.74, 6) is -0.333. The van der Waals surface area contributed by atoms with Gasteiger partial charge >= 0.3 is 0 Å². The molecule has 9 nitrogen and oxygen atoms in total. The highest BCUT2D eigenvalue weighted by atomic mass is 19.1. The van der Waals surface area contributed by atoms with Crippen LogP contribution in [0.5, 0.6) is 0 Å². The van der Waals surface area contributed by atoms with Crippen LogP contribution >= 0.6 is 0 Å². The van der Waals surface area contributed by atoms with E-state index >= 15 is 0 Å². The summed E-state index contributed by atoms with van der Waals surface area (Å²) in [6.45, 7) is 3.64. The number of carbonyl (C=O) groups is 2. The van der Waals surface area contributed by atoms with E-state index in [-0.39, 0.29) is 42.0 Å². The monoisotopic (exact) mass is 521 g/mol. The number of rotatable bonds is 7. The number of carbonyl (C=O) groups excluding carboxylic acids is 2.